The first kappa shape index (κ1) is 14.4. The average Bonchev–Trinajstić information content (AvgIpc) is 3.08. The van der Waals surface area contributed by atoms with E-state index in [4.69, 9.17) is 0 Å². The third-order valence-corrected chi connectivity index (χ3v) is 3.16. The zero-order chi connectivity index (χ0) is 16.4. The number of tetrazole rings is 1. The van der Waals surface area contributed by atoms with Crippen LogP contribution in [-0.4, -0.2) is 35.7 Å². The fourth-order valence-electron chi connectivity index (χ4n) is 1.90. The smallest absolute Gasteiger partial charge is 0.322 e. The monoisotopic (exact) mass is 313 g/mol. The van der Waals surface area contributed by atoms with Gasteiger partial charge in [-0.2, -0.15) is 0 Å². The molecular weight excluding hydrogens is 302 g/mol. The van der Waals surface area contributed by atoms with Crippen LogP contribution in [0.25, 0.3) is 5.69 Å². The van der Waals surface area contributed by atoms with Gasteiger partial charge in [0, 0.05) is 18.9 Å². The van der Waals surface area contributed by atoms with E-state index >= 15 is 0 Å². The topological polar surface area (TPSA) is 128 Å². The number of nitrogens with zero attached hydrogens (tertiary/aromatic N) is 5. The standard InChI is InChI=1S/C13H11N7O3/c1-19-12(22)10(6-14-13(19)23)11(21)16-8-2-4-9(5-3-8)20-7-15-17-18-20/h2-7H,1H3,(H,14,23)(H,16,21). The fourth-order valence-corrected chi connectivity index (χ4v) is 1.90. The fraction of sp³-hybridized carbons (Fsp3) is 0.0769. The summed E-state index contributed by atoms with van der Waals surface area (Å²) in [6, 6.07) is 6.70. The number of aromatic nitrogens is 6. The van der Waals surface area contributed by atoms with E-state index in [1.165, 1.54) is 18.1 Å². The Balaban J connectivity index is 1.82. The first-order valence-electron chi connectivity index (χ1n) is 6.50. The minimum Gasteiger partial charge on any atom is -0.322 e. The predicted octanol–water partition coefficient (Wildman–Crippen LogP) is -0.698. The highest BCUT2D eigenvalue weighted by Crippen LogP contribution is 2.12. The van der Waals surface area contributed by atoms with Crippen LogP contribution in [0.3, 0.4) is 0 Å². The summed E-state index contributed by atoms with van der Waals surface area (Å²) in [6.45, 7) is 0. The summed E-state index contributed by atoms with van der Waals surface area (Å²) in [5.41, 5.74) is -0.210. The van der Waals surface area contributed by atoms with E-state index in [9.17, 15) is 14.4 Å². The Morgan fingerprint density at radius 2 is 1.96 bits per heavy atom. The van der Waals surface area contributed by atoms with E-state index in [1.807, 2.05) is 0 Å². The van der Waals surface area contributed by atoms with Crippen molar-refractivity contribution in [3.63, 3.8) is 0 Å². The maximum atomic E-state index is 12.1. The molecule has 116 valence electrons. The second-order valence-electron chi connectivity index (χ2n) is 4.63. The zero-order valence-corrected chi connectivity index (χ0v) is 11.9. The maximum absolute atomic E-state index is 12.1. The van der Waals surface area contributed by atoms with Crippen molar-refractivity contribution in [3.05, 3.63) is 63.2 Å². The average molecular weight is 313 g/mol. The lowest BCUT2D eigenvalue weighted by atomic mass is 10.2. The molecule has 2 N–H and O–H groups in total. The number of carbonyl (C=O) groups is 1. The van der Waals surface area contributed by atoms with E-state index in [0.29, 0.717) is 11.4 Å². The minimum absolute atomic E-state index is 0.156. The Morgan fingerprint density at radius 1 is 1.22 bits per heavy atom. The molecule has 0 aliphatic heterocycles. The number of rotatable bonds is 3. The molecule has 1 amide bonds. The molecule has 0 fully saturated rings. The number of H-pyrrole nitrogens is 1. The Hall–Kier alpha value is -3.56. The Morgan fingerprint density at radius 3 is 2.61 bits per heavy atom. The Bertz CT molecular complexity index is 954. The van der Waals surface area contributed by atoms with Gasteiger partial charge in [-0.3, -0.25) is 14.2 Å². The summed E-state index contributed by atoms with van der Waals surface area (Å²) in [7, 11) is 1.29. The molecule has 3 rings (SSSR count). The van der Waals surface area contributed by atoms with Crippen LogP contribution in [0.4, 0.5) is 5.69 Å². The normalized spacial score (nSPS) is 10.5. The van der Waals surface area contributed by atoms with Crippen molar-refractivity contribution in [2.75, 3.05) is 5.32 Å². The molecule has 0 radical (unpaired) electrons. The van der Waals surface area contributed by atoms with Crippen LogP contribution in [0, 0.1) is 0 Å². The van der Waals surface area contributed by atoms with Crippen LogP contribution in [0.2, 0.25) is 0 Å². The van der Waals surface area contributed by atoms with Crippen molar-refractivity contribution in [2.24, 2.45) is 7.05 Å². The van der Waals surface area contributed by atoms with E-state index in [1.54, 1.807) is 24.3 Å². The van der Waals surface area contributed by atoms with Gasteiger partial charge >= 0.3 is 5.69 Å². The lowest BCUT2D eigenvalue weighted by Gasteiger charge is -2.06. The van der Waals surface area contributed by atoms with E-state index in [2.05, 4.69) is 25.8 Å². The zero-order valence-electron chi connectivity index (χ0n) is 11.9. The number of anilines is 1. The number of hydrogen-bond donors (Lipinski definition) is 2. The first-order valence-corrected chi connectivity index (χ1v) is 6.50. The quantitative estimate of drug-likeness (QED) is 0.658. The van der Waals surface area contributed by atoms with Gasteiger partial charge in [0.15, 0.2) is 0 Å². The second-order valence-corrected chi connectivity index (χ2v) is 4.63. The van der Waals surface area contributed by atoms with Gasteiger partial charge in [0.05, 0.1) is 5.69 Å². The van der Waals surface area contributed by atoms with E-state index < -0.39 is 17.2 Å². The summed E-state index contributed by atoms with van der Waals surface area (Å²) in [5.74, 6) is -0.614. The number of nitrogens with one attached hydrogen (secondary N) is 2. The minimum atomic E-state index is -0.670. The van der Waals surface area contributed by atoms with Gasteiger partial charge in [-0.05, 0) is 34.7 Å². The molecule has 0 saturated carbocycles. The van der Waals surface area contributed by atoms with Crippen LogP contribution in [0.5, 0.6) is 0 Å². The Kier molecular flexibility index (Phi) is 3.55. The lowest BCUT2D eigenvalue weighted by molar-refractivity contribution is 0.102. The van der Waals surface area contributed by atoms with Crippen molar-refractivity contribution < 1.29 is 4.79 Å². The number of aromatic amines is 1. The predicted molar refractivity (Wildman–Crippen MR) is 79.4 cm³/mol. The largest absolute Gasteiger partial charge is 0.328 e. The van der Waals surface area contributed by atoms with Crippen LogP contribution < -0.4 is 16.6 Å². The molecule has 10 nitrogen and oxygen atoms in total. The molecule has 0 bridgehead atoms. The molecule has 2 heterocycles. The Labute approximate surface area is 128 Å². The molecule has 0 aliphatic rings. The van der Waals surface area contributed by atoms with E-state index in [-0.39, 0.29) is 5.56 Å². The van der Waals surface area contributed by atoms with Crippen molar-refractivity contribution in [2.45, 2.75) is 0 Å². The molecule has 0 spiro atoms. The highest BCUT2D eigenvalue weighted by Gasteiger charge is 2.13. The van der Waals surface area contributed by atoms with Gasteiger partial charge < -0.3 is 10.3 Å². The SMILES string of the molecule is Cn1c(=O)[nH]cc(C(=O)Nc2ccc(-n3cnnn3)cc2)c1=O. The molecule has 1 aromatic carbocycles. The number of carbonyl (C=O) groups excluding carboxylic acids is 1. The van der Waals surface area contributed by atoms with Crippen molar-refractivity contribution in [3.8, 4) is 5.69 Å². The number of hydrogen-bond acceptors (Lipinski definition) is 6. The highest BCUT2D eigenvalue weighted by molar-refractivity contribution is 6.03. The molecule has 0 unspecified atom stereocenters. The molecule has 0 atom stereocenters. The summed E-state index contributed by atoms with van der Waals surface area (Å²) in [5, 5.41) is 13.4. The summed E-state index contributed by atoms with van der Waals surface area (Å²) < 4.78 is 2.29. The molecule has 0 saturated heterocycles. The second kappa shape index (κ2) is 5.67. The van der Waals surface area contributed by atoms with Gasteiger partial charge in [-0.25, -0.2) is 9.48 Å². The van der Waals surface area contributed by atoms with Gasteiger partial charge in [-0.1, -0.05) is 0 Å². The molecule has 2 aromatic heterocycles. The van der Waals surface area contributed by atoms with Crippen molar-refractivity contribution in [1.29, 1.82) is 0 Å². The van der Waals surface area contributed by atoms with Crippen LogP contribution in [0.15, 0.2) is 46.4 Å². The van der Waals surface area contributed by atoms with Crippen molar-refractivity contribution in [1.82, 2.24) is 29.8 Å². The van der Waals surface area contributed by atoms with Crippen LogP contribution in [0.1, 0.15) is 10.4 Å². The van der Waals surface area contributed by atoms with Gasteiger partial charge in [0.1, 0.15) is 11.9 Å². The molecule has 0 aliphatic carbocycles. The third-order valence-electron chi connectivity index (χ3n) is 3.16. The van der Waals surface area contributed by atoms with E-state index in [0.717, 1.165) is 10.8 Å². The highest BCUT2D eigenvalue weighted by atomic mass is 16.2. The lowest BCUT2D eigenvalue weighted by Crippen LogP contribution is -2.37. The summed E-state index contributed by atoms with van der Waals surface area (Å²) in [6.07, 6.45) is 2.53. The van der Waals surface area contributed by atoms with Gasteiger partial charge in [0.2, 0.25) is 0 Å². The molecule has 23 heavy (non-hydrogen) atoms. The maximum Gasteiger partial charge on any atom is 0.328 e. The summed E-state index contributed by atoms with van der Waals surface area (Å²) >= 11 is 0. The number of benzene rings is 1. The molecule has 3 aromatic rings. The van der Waals surface area contributed by atoms with Crippen LogP contribution >= 0.6 is 0 Å². The summed E-state index contributed by atoms with van der Waals surface area (Å²) in [4.78, 5) is 37.6. The first-order chi connectivity index (χ1) is 11.1. The van der Waals surface area contributed by atoms with Crippen LogP contribution in [-0.2, 0) is 7.05 Å². The third kappa shape index (κ3) is 2.77. The molecular formula is C13H11N7O3. The van der Waals surface area contributed by atoms with Crippen molar-refractivity contribution >= 4 is 11.6 Å². The van der Waals surface area contributed by atoms with Gasteiger partial charge in [0.25, 0.3) is 11.5 Å². The van der Waals surface area contributed by atoms with Gasteiger partial charge in [-0.15, -0.1) is 5.10 Å². The number of amides is 1. The molecule has 10 heteroatoms.